The number of piperidine rings is 1. The maximum atomic E-state index is 14.0. The number of carbonyl (C=O) groups is 1. The first-order valence-corrected chi connectivity index (χ1v) is 12.1. The van der Waals surface area contributed by atoms with E-state index in [1.807, 2.05) is 0 Å². The van der Waals surface area contributed by atoms with Crippen molar-refractivity contribution in [2.45, 2.75) is 31.6 Å². The van der Waals surface area contributed by atoms with Gasteiger partial charge in [-0.05, 0) is 44.9 Å². The normalized spacial score (nSPS) is 17.4. The molecule has 1 aromatic carbocycles. The molecule has 0 radical (unpaired) electrons. The second kappa shape index (κ2) is 8.68. The van der Waals surface area contributed by atoms with E-state index in [-0.39, 0.29) is 51.7 Å². The monoisotopic (exact) mass is 482 g/mol. The summed E-state index contributed by atoms with van der Waals surface area (Å²) in [6, 6.07) is 3.06. The average Bonchev–Trinajstić information content (AvgIpc) is 3.36. The van der Waals surface area contributed by atoms with Crippen molar-refractivity contribution in [3.8, 4) is 11.3 Å². The lowest BCUT2D eigenvalue weighted by Gasteiger charge is -2.30. The lowest BCUT2D eigenvalue weighted by atomic mass is 9.99. The van der Waals surface area contributed by atoms with E-state index in [9.17, 15) is 22.0 Å². The molecule has 2 aromatic heterocycles. The largest absolute Gasteiger partial charge is 0.360 e. The van der Waals surface area contributed by atoms with E-state index in [1.54, 1.807) is 6.92 Å². The number of rotatable bonds is 5. The van der Waals surface area contributed by atoms with Gasteiger partial charge in [0.15, 0.2) is 10.9 Å². The Hall–Kier alpha value is -2.70. The summed E-state index contributed by atoms with van der Waals surface area (Å²) in [5, 5.41) is 8.11. The van der Waals surface area contributed by atoms with Gasteiger partial charge in [0.05, 0.1) is 11.6 Å². The predicted molar refractivity (Wildman–Crippen MR) is 114 cm³/mol. The summed E-state index contributed by atoms with van der Waals surface area (Å²) in [6.07, 6.45) is 1.02. The molecular weight excluding hydrogens is 462 g/mol. The molecule has 1 N–H and O–H groups in total. The third kappa shape index (κ3) is 4.30. The van der Waals surface area contributed by atoms with Gasteiger partial charge in [-0.2, -0.15) is 4.31 Å². The van der Waals surface area contributed by atoms with E-state index in [0.29, 0.717) is 12.8 Å². The van der Waals surface area contributed by atoms with Crippen LogP contribution >= 0.6 is 11.3 Å². The van der Waals surface area contributed by atoms with E-state index in [4.69, 9.17) is 4.52 Å². The second-order valence-corrected chi connectivity index (χ2v) is 10.2. The topological polar surface area (TPSA) is 105 Å². The minimum absolute atomic E-state index is 0.00357. The number of sulfonamides is 1. The van der Waals surface area contributed by atoms with Crippen LogP contribution in [0.5, 0.6) is 0 Å². The van der Waals surface area contributed by atoms with E-state index in [2.05, 4.69) is 15.5 Å². The summed E-state index contributed by atoms with van der Waals surface area (Å²) in [4.78, 5) is 17.0. The van der Waals surface area contributed by atoms with Gasteiger partial charge in [0.2, 0.25) is 15.9 Å². The fraction of sp³-hybridized carbons (Fsp3) is 0.350. The minimum Gasteiger partial charge on any atom is -0.360 e. The Kier molecular flexibility index (Phi) is 6.10. The number of amides is 1. The number of thiazole rings is 1. The maximum absolute atomic E-state index is 14.0. The van der Waals surface area contributed by atoms with E-state index in [0.717, 1.165) is 29.5 Å². The molecule has 1 fully saturated rings. The van der Waals surface area contributed by atoms with Crippen LogP contribution in [0.25, 0.3) is 11.3 Å². The molecule has 1 aliphatic heterocycles. The van der Waals surface area contributed by atoms with Crippen LogP contribution in [0.2, 0.25) is 0 Å². The molecule has 1 amide bonds. The summed E-state index contributed by atoms with van der Waals surface area (Å²) >= 11 is 1.07. The molecule has 32 heavy (non-hydrogen) atoms. The first-order chi connectivity index (χ1) is 15.2. The highest BCUT2D eigenvalue weighted by Crippen LogP contribution is 2.30. The first kappa shape index (κ1) is 22.5. The van der Waals surface area contributed by atoms with E-state index >= 15 is 0 Å². The minimum atomic E-state index is -3.85. The number of aromatic nitrogens is 2. The van der Waals surface area contributed by atoms with Crippen LogP contribution in [0.3, 0.4) is 0 Å². The van der Waals surface area contributed by atoms with Crippen LogP contribution < -0.4 is 5.32 Å². The standard InChI is InChI=1S/C20H20F2N4O4S2/c1-11-18(12(2)30-25-11)32(28,29)26-7-3-4-13(9-26)19(27)24-20-23-17(10-31-20)15-8-14(21)5-6-16(15)22/h5-6,8,10,13H,3-4,7,9H2,1-2H3,(H,23,24,27). The van der Waals surface area contributed by atoms with Crippen molar-refractivity contribution < 1.29 is 26.5 Å². The van der Waals surface area contributed by atoms with Crippen LogP contribution in [0.15, 0.2) is 33.0 Å². The molecular formula is C20H20F2N4O4S2. The summed E-state index contributed by atoms with van der Waals surface area (Å²) < 4.78 is 59.8. The molecule has 0 spiro atoms. The highest BCUT2D eigenvalue weighted by atomic mass is 32.2. The molecule has 1 atom stereocenters. The molecule has 8 nitrogen and oxygen atoms in total. The highest BCUT2D eigenvalue weighted by Gasteiger charge is 2.36. The van der Waals surface area contributed by atoms with Crippen LogP contribution in [0.4, 0.5) is 13.9 Å². The number of halogens is 2. The summed E-state index contributed by atoms with van der Waals surface area (Å²) in [5.41, 5.74) is 0.471. The Bertz CT molecular complexity index is 1250. The van der Waals surface area contributed by atoms with Crippen molar-refractivity contribution in [3.63, 3.8) is 0 Å². The molecule has 1 saturated heterocycles. The number of carbonyl (C=O) groups excluding carboxylic acids is 1. The van der Waals surface area contributed by atoms with Gasteiger partial charge in [-0.3, -0.25) is 4.79 Å². The maximum Gasteiger partial charge on any atom is 0.248 e. The van der Waals surface area contributed by atoms with Crippen LogP contribution in [0.1, 0.15) is 24.3 Å². The Morgan fingerprint density at radius 1 is 1.31 bits per heavy atom. The first-order valence-electron chi connectivity index (χ1n) is 9.81. The molecule has 0 aliphatic carbocycles. The number of benzene rings is 1. The molecule has 0 saturated carbocycles. The number of aryl methyl sites for hydroxylation is 2. The smallest absolute Gasteiger partial charge is 0.248 e. The second-order valence-electron chi connectivity index (χ2n) is 7.51. The quantitative estimate of drug-likeness (QED) is 0.594. The Morgan fingerprint density at radius 3 is 2.81 bits per heavy atom. The van der Waals surface area contributed by atoms with Gasteiger partial charge in [-0.15, -0.1) is 11.3 Å². The Morgan fingerprint density at radius 2 is 2.09 bits per heavy atom. The fourth-order valence-corrected chi connectivity index (χ4v) is 6.23. The van der Waals surface area contributed by atoms with Gasteiger partial charge >= 0.3 is 0 Å². The van der Waals surface area contributed by atoms with Crippen LogP contribution in [0, 0.1) is 31.4 Å². The molecule has 170 valence electrons. The third-order valence-corrected chi connectivity index (χ3v) is 8.13. The van der Waals surface area contributed by atoms with Crippen molar-refractivity contribution >= 4 is 32.4 Å². The van der Waals surface area contributed by atoms with Crippen molar-refractivity contribution in [3.05, 3.63) is 46.7 Å². The zero-order valence-corrected chi connectivity index (χ0v) is 18.9. The molecule has 12 heteroatoms. The van der Waals surface area contributed by atoms with Gasteiger partial charge in [0.1, 0.15) is 22.2 Å². The van der Waals surface area contributed by atoms with Crippen LogP contribution in [-0.2, 0) is 14.8 Å². The summed E-state index contributed by atoms with van der Waals surface area (Å²) in [5.74, 6) is -1.99. The van der Waals surface area contributed by atoms with Crippen molar-refractivity contribution in [1.29, 1.82) is 0 Å². The van der Waals surface area contributed by atoms with Gasteiger partial charge in [-0.25, -0.2) is 22.2 Å². The molecule has 0 bridgehead atoms. The van der Waals surface area contributed by atoms with Gasteiger partial charge in [-0.1, -0.05) is 5.16 Å². The fourth-order valence-electron chi connectivity index (χ4n) is 3.70. The predicted octanol–water partition coefficient (Wildman–Crippen LogP) is 3.73. The van der Waals surface area contributed by atoms with Gasteiger partial charge in [0, 0.05) is 24.0 Å². The number of anilines is 1. The third-order valence-electron chi connectivity index (χ3n) is 5.26. The lowest BCUT2D eigenvalue weighted by Crippen LogP contribution is -2.43. The number of nitrogens with one attached hydrogen (secondary N) is 1. The Balaban J connectivity index is 1.48. The lowest BCUT2D eigenvalue weighted by molar-refractivity contribution is -0.120. The summed E-state index contributed by atoms with van der Waals surface area (Å²) in [7, 11) is -3.85. The zero-order valence-electron chi connectivity index (χ0n) is 17.3. The molecule has 3 heterocycles. The van der Waals surface area contributed by atoms with Crippen LogP contribution in [-0.4, -0.2) is 41.9 Å². The molecule has 1 aliphatic rings. The van der Waals surface area contributed by atoms with E-state index < -0.39 is 27.6 Å². The molecule has 3 aromatic rings. The highest BCUT2D eigenvalue weighted by molar-refractivity contribution is 7.89. The van der Waals surface area contributed by atoms with Gasteiger partial charge in [0.25, 0.3) is 0 Å². The zero-order chi connectivity index (χ0) is 23.0. The number of hydrogen-bond acceptors (Lipinski definition) is 7. The van der Waals surface area contributed by atoms with Crippen molar-refractivity contribution in [1.82, 2.24) is 14.4 Å². The average molecular weight is 483 g/mol. The summed E-state index contributed by atoms with van der Waals surface area (Å²) in [6.45, 7) is 3.38. The number of hydrogen-bond donors (Lipinski definition) is 1. The van der Waals surface area contributed by atoms with Crippen molar-refractivity contribution in [2.75, 3.05) is 18.4 Å². The van der Waals surface area contributed by atoms with E-state index in [1.165, 1.54) is 16.6 Å². The molecule has 1 unspecified atom stereocenters. The van der Waals surface area contributed by atoms with Crippen molar-refractivity contribution in [2.24, 2.45) is 5.92 Å². The SMILES string of the molecule is Cc1noc(C)c1S(=O)(=O)N1CCCC(C(=O)Nc2nc(-c3cc(F)ccc3F)cs2)C1. The van der Waals surface area contributed by atoms with Gasteiger partial charge < -0.3 is 9.84 Å². The Labute approximate surface area is 187 Å². The number of nitrogens with zero attached hydrogens (tertiary/aromatic N) is 3. The molecule has 4 rings (SSSR count).